The minimum absolute atomic E-state index is 0.0610. The van der Waals surface area contributed by atoms with Crippen LogP contribution in [0.4, 0.5) is 0 Å². The number of nitrogens with zero attached hydrogens (tertiary/aromatic N) is 1. The Hall–Kier alpha value is -1.50. The van der Waals surface area contributed by atoms with Crippen LogP contribution in [0.3, 0.4) is 0 Å². The molecule has 0 radical (unpaired) electrons. The van der Waals surface area contributed by atoms with E-state index in [-0.39, 0.29) is 30.3 Å². The minimum atomic E-state index is -0.259. The number of carbonyl (C=O) groups is 2. The first kappa shape index (κ1) is 11.6. The average molecular weight is 246 g/mol. The van der Waals surface area contributed by atoms with Crippen LogP contribution in [0.1, 0.15) is 32.1 Å². The molecule has 0 aromatic rings. The topological polar surface area (TPSA) is 49.4 Å². The number of hydrogen-bond donors (Lipinski definition) is 1. The van der Waals surface area contributed by atoms with Crippen LogP contribution in [0.5, 0.6) is 0 Å². The van der Waals surface area contributed by atoms with E-state index in [4.69, 9.17) is 6.42 Å². The molecule has 4 heteroatoms. The van der Waals surface area contributed by atoms with Crippen molar-refractivity contribution in [3.8, 4) is 12.3 Å². The van der Waals surface area contributed by atoms with Gasteiger partial charge >= 0.3 is 0 Å². The van der Waals surface area contributed by atoms with Crippen molar-refractivity contribution in [2.45, 2.75) is 44.2 Å². The molecule has 3 atom stereocenters. The van der Waals surface area contributed by atoms with Gasteiger partial charge in [-0.2, -0.15) is 0 Å². The summed E-state index contributed by atoms with van der Waals surface area (Å²) in [6, 6.07) is 0.0369. The van der Waals surface area contributed by atoms with Gasteiger partial charge in [0.1, 0.15) is 6.04 Å². The van der Waals surface area contributed by atoms with Crippen molar-refractivity contribution in [1.29, 1.82) is 0 Å². The number of likely N-dealkylation sites (tertiary alicyclic amines) is 1. The lowest BCUT2D eigenvalue weighted by Gasteiger charge is -2.34. The number of rotatable bonds is 3. The Labute approximate surface area is 107 Å². The zero-order valence-corrected chi connectivity index (χ0v) is 10.4. The molecule has 0 spiro atoms. The second-order valence-corrected chi connectivity index (χ2v) is 5.61. The highest BCUT2D eigenvalue weighted by Crippen LogP contribution is 2.45. The van der Waals surface area contributed by atoms with Crippen molar-refractivity contribution >= 4 is 11.8 Å². The third-order valence-electron chi connectivity index (χ3n) is 4.40. The van der Waals surface area contributed by atoms with Gasteiger partial charge in [-0.1, -0.05) is 5.92 Å². The average Bonchev–Trinajstić information content (AvgIpc) is 3.03. The smallest absolute Gasteiger partial charge is 0.243 e. The van der Waals surface area contributed by atoms with Gasteiger partial charge in [0, 0.05) is 12.0 Å². The maximum Gasteiger partial charge on any atom is 0.243 e. The van der Waals surface area contributed by atoms with E-state index < -0.39 is 0 Å². The molecular weight excluding hydrogens is 228 g/mol. The molecule has 96 valence electrons. The van der Waals surface area contributed by atoms with Crippen molar-refractivity contribution in [1.82, 2.24) is 10.2 Å². The Bertz CT molecular complexity index is 422. The molecule has 1 heterocycles. The zero-order chi connectivity index (χ0) is 12.7. The van der Waals surface area contributed by atoms with E-state index in [1.54, 1.807) is 0 Å². The summed E-state index contributed by atoms with van der Waals surface area (Å²) in [5.74, 6) is 3.08. The lowest BCUT2D eigenvalue weighted by molar-refractivity contribution is -0.143. The fourth-order valence-corrected chi connectivity index (χ4v) is 3.43. The highest BCUT2D eigenvalue weighted by Gasteiger charge is 2.53. The summed E-state index contributed by atoms with van der Waals surface area (Å²) in [5.41, 5.74) is 0. The highest BCUT2D eigenvalue weighted by atomic mass is 16.2. The molecule has 1 aliphatic heterocycles. The van der Waals surface area contributed by atoms with Crippen molar-refractivity contribution in [3.63, 3.8) is 0 Å². The minimum Gasteiger partial charge on any atom is -0.343 e. The van der Waals surface area contributed by atoms with Crippen molar-refractivity contribution in [2.75, 3.05) is 6.54 Å². The molecule has 4 nitrogen and oxygen atoms in total. The van der Waals surface area contributed by atoms with Gasteiger partial charge in [0.15, 0.2) is 0 Å². The van der Waals surface area contributed by atoms with E-state index in [1.165, 1.54) is 0 Å². The Morgan fingerprint density at radius 1 is 1.28 bits per heavy atom. The third-order valence-corrected chi connectivity index (χ3v) is 4.40. The summed E-state index contributed by atoms with van der Waals surface area (Å²) >= 11 is 0. The summed E-state index contributed by atoms with van der Waals surface area (Å²) in [4.78, 5) is 26.3. The number of fused-ring (bicyclic) bond motifs is 2. The first-order chi connectivity index (χ1) is 8.72. The Morgan fingerprint density at radius 2 is 2.06 bits per heavy atom. The van der Waals surface area contributed by atoms with E-state index in [1.807, 2.05) is 4.90 Å². The summed E-state index contributed by atoms with van der Waals surface area (Å²) in [6.07, 6.45) is 10.3. The molecule has 3 rings (SSSR count). The fraction of sp³-hybridized carbons (Fsp3) is 0.714. The number of hydrogen-bond acceptors (Lipinski definition) is 2. The van der Waals surface area contributed by atoms with Crippen LogP contribution in [-0.4, -0.2) is 35.3 Å². The number of carbonyl (C=O) groups excluding carboxylic acids is 2. The molecule has 18 heavy (non-hydrogen) atoms. The predicted molar refractivity (Wildman–Crippen MR) is 66.3 cm³/mol. The van der Waals surface area contributed by atoms with Gasteiger partial charge in [0.25, 0.3) is 0 Å². The quantitative estimate of drug-likeness (QED) is 0.738. The van der Waals surface area contributed by atoms with E-state index in [9.17, 15) is 9.59 Å². The summed E-state index contributed by atoms with van der Waals surface area (Å²) < 4.78 is 0. The molecule has 1 saturated heterocycles. The van der Waals surface area contributed by atoms with Crippen molar-refractivity contribution < 1.29 is 9.59 Å². The first-order valence-corrected chi connectivity index (χ1v) is 6.75. The standard InChI is InChI=1S/C14H18N2O2/c1-2-7-15-13(17)12-10-5-6-11(8-10)16(12)14(18)9-3-4-9/h1,9-12H,3-8H2,(H,15,17)/t10-,11-,12-/m0/s1. The van der Waals surface area contributed by atoms with Crippen molar-refractivity contribution in [2.24, 2.45) is 11.8 Å². The Morgan fingerprint density at radius 3 is 2.72 bits per heavy atom. The Balaban J connectivity index is 1.75. The van der Waals surface area contributed by atoms with Crippen LogP contribution in [-0.2, 0) is 9.59 Å². The summed E-state index contributed by atoms with van der Waals surface area (Å²) in [7, 11) is 0. The van der Waals surface area contributed by atoms with Gasteiger partial charge in [0.2, 0.25) is 11.8 Å². The molecule has 3 aliphatic rings. The third kappa shape index (κ3) is 1.78. The second-order valence-electron chi connectivity index (χ2n) is 5.61. The van der Waals surface area contributed by atoms with E-state index in [0.29, 0.717) is 12.0 Å². The number of piperidine rings is 1. The van der Waals surface area contributed by atoms with Crippen LogP contribution in [0.15, 0.2) is 0 Å². The van der Waals surface area contributed by atoms with E-state index in [0.717, 1.165) is 32.1 Å². The van der Waals surface area contributed by atoms with Gasteiger partial charge in [-0.25, -0.2) is 0 Å². The molecular formula is C14H18N2O2. The van der Waals surface area contributed by atoms with Gasteiger partial charge in [0.05, 0.1) is 6.54 Å². The van der Waals surface area contributed by atoms with Gasteiger partial charge in [-0.05, 0) is 38.0 Å². The van der Waals surface area contributed by atoms with Crippen LogP contribution < -0.4 is 5.32 Å². The molecule has 2 amide bonds. The number of nitrogens with one attached hydrogen (secondary N) is 1. The highest BCUT2D eigenvalue weighted by molar-refractivity contribution is 5.91. The van der Waals surface area contributed by atoms with Gasteiger partial charge in [-0.15, -0.1) is 6.42 Å². The van der Waals surface area contributed by atoms with Crippen molar-refractivity contribution in [3.05, 3.63) is 0 Å². The normalized spacial score (nSPS) is 33.3. The maximum absolute atomic E-state index is 12.3. The largest absolute Gasteiger partial charge is 0.343 e. The first-order valence-electron chi connectivity index (χ1n) is 6.75. The maximum atomic E-state index is 12.3. The van der Waals surface area contributed by atoms with E-state index >= 15 is 0 Å². The lowest BCUT2D eigenvalue weighted by atomic mass is 9.97. The summed E-state index contributed by atoms with van der Waals surface area (Å²) in [5, 5.41) is 2.73. The predicted octanol–water partition coefficient (Wildman–Crippen LogP) is 0.525. The van der Waals surface area contributed by atoms with Crippen LogP contribution in [0.2, 0.25) is 0 Å². The fourth-order valence-electron chi connectivity index (χ4n) is 3.43. The van der Waals surface area contributed by atoms with E-state index in [2.05, 4.69) is 11.2 Å². The summed E-state index contributed by atoms with van der Waals surface area (Å²) in [6.45, 7) is 0.248. The molecule has 3 fully saturated rings. The molecule has 0 unspecified atom stereocenters. The molecule has 0 aromatic carbocycles. The number of terminal acetylenes is 1. The monoisotopic (exact) mass is 246 g/mol. The number of amides is 2. The van der Waals surface area contributed by atoms with Crippen LogP contribution in [0, 0.1) is 24.2 Å². The van der Waals surface area contributed by atoms with Gasteiger partial charge in [-0.3, -0.25) is 9.59 Å². The Kier molecular flexibility index (Phi) is 2.77. The lowest BCUT2D eigenvalue weighted by Crippen LogP contribution is -2.53. The molecule has 2 aliphatic carbocycles. The van der Waals surface area contributed by atoms with Crippen LogP contribution >= 0.6 is 0 Å². The van der Waals surface area contributed by atoms with Gasteiger partial charge < -0.3 is 10.2 Å². The molecule has 2 saturated carbocycles. The molecule has 2 bridgehead atoms. The molecule has 1 N–H and O–H groups in total. The molecule has 0 aromatic heterocycles. The zero-order valence-electron chi connectivity index (χ0n) is 10.4. The second kappa shape index (κ2) is 4.31. The van der Waals surface area contributed by atoms with Crippen LogP contribution in [0.25, 0.3) is 0 Å². The SMILES string of the molecule is C#CCNC(=O)[C@@H]1[C@H]2CC[C@@H](C2)N1C(=O)C1CC1.